The summed E-state index contributed by atoms with van der Waals surface area (Å²) in [4.78, 5) is 4.37. The molecule has 0 radical (unpaired) electrons. The van der Waals surface area contributed by atoms with E-state index in [0.29, 0.717) is 0 Å². The molecule has 3 heteroatoms. The van der Waals surface area contributed by atoms with Crippen LogP contribution in [-0.2, 0) is 0 Å². The van der Waals surface area contributed by atoms with E-state index in [0.717, 1.165) is 22.2 Å². The Morgan fingerprint density at radius 3 is 2.58 bits per heavy atom. The molecule has 1 atom stereocenters. The highest BCUT2D eigenvalue weighted by atomic mass is 32.2. The molecule has 0 aliphatic heterocycles. The van der Waals surface area contributed by atoms with Gasteiger partial charge in [0.25, 0.3) is 0 Å². The normalized spacial score (nSPS) is 14.6. The fraction of sp³-hybridized carbons (Fsp3) is 0.312. The average Bonchev–Trinajstić information content (AvgIpc) is 2.36. The number of fused-ring (bicyclic) bond motifs is 1. The van der Waals surface area contributed by atoms with E-state index in [9.17, 15) is 0 Å². The Morgan fingerprint density at radius 1 is 1.21 bits per heavy atom. The maximum absolute atomic E-state index is 6.19. The van der Waals surface area contributed by atoms with Gasteiger partial charge in [0.15, 0.2) is 0 Å². The topological polar surface area (TPSA) is 25.2 Å². The summed E-state index contributed by atoms with van der Waals surface area (Å²) in [6.07, 6.45) is 1.83. The van der Waals surface area contributed by atoms with Crippen molar-refractivity contribution in [3.8, 4) is 5.69 Å². The van der Waals surface area contributed by atoms with E-state index in [1.165, 1.54) is 0 Å². The number of thiol groups is 1. The van der Waals surface area contributed by atoms with Crippen LogP contribution in [0.25, 0.3) is 10.9 Å². The second-order valence-corrected chi connectivity index (χ2v) is 7.81. The van der Waals surface area contributed by atoms with Gasteiger partial charge in [-0.1, -0.05) is 39.0 Å². The molecule has 1 heterocycles. The van der Waals surface area contributed by atoms with Gasteiger partial charge >= 0.3 is 0 Å². The van der Waals surface area contributed by atoms with Crippen LogP contribution in [0.3, 0.4) is 0 Å². The van der Waals surface area contributed by atoms with Gasteiger partial charge in [0, 0.05) is 21.9 Å². The van der Waals surface area contributed by atoms with Crippen LogP contribution in [0.5, 0.6) is 0 Å². The molecule has 0 amide bonds. The first-order chi connectivity index (χ1) is 8.89. The van der Waals surface area contributed by atoms with E-state index in [-0.39, 0.29) is 4.75 Å². The standard InChI is InChI=1S/C16H20N2S/c1-12(18-19(5)16(2,3)4)13-10-11-17-15-9-7-6-8-14(13)15/h5-11,19H,1-4H3/b18-12+. The lowest BCUT2D eigenvalue weighted by Gasteiger charge is -2.19. The minimum atomic E-state index is -0.872. The van der Waals surface area contributed by atoms with Gasteiger partial charge in [-0.2, -0.15) is 0 Å². The van der Waals surface area contributed by atoms with Crippen LogP contribution in [0.15, 0.2) is 40.9 Å². The number of benzene rings is 1. The van der Waals surface area contributed by atoms with Crippen molar-refractivity contribution in [3.63, 3.8) is 0 Å². The number of nitrogens with zero attached hydrogens (tertiary/aromatic N) is 2. The first kappa shape index (κ1) is 13.9. The first-order valence-electron chi connectivity index (χ1n) is 6.34. The van der Waals surface area contributed by atoms with Crippen molar-refractivity contribution in [2.24, 2.45) is 4.40 Å². The third-order valence-electron chi connectivity index (χ3n) is 2.98. The number of hydrogen-bond acceptors (Lipinski definition) is 2. The molecule has 0 aliphatic carbocycles. The molecule has 0 N–H and O–H groups in total. The number of para-hydroxylation sites is 1. The predicted molar refractivity (Wildman–Crippen MR) is 87.6 cm³/mol. The minimum absolute atomic E-state index is 0.0272. The van der Waals surface area contributed by atoms with Crippen molar-refractivity contribution < 1.29 is 0 Å². The summed E-state index contributed by atoms with van der Waals surface area (Å²) in [6, 6.07) is 10.1. The van der Waals surface area contributed by atoms with E-state index < -0.39 is 10.5 Å². The van der Waals surface area contributed by atoms with Crippen LogP contribution < -0.4 is 0 Å². The van der Waals surface area contributed by atoms with Crippen molar-refractivity contribution in [1.82, 2.24) is 4.98 Å². The fourth-order valence-electron chi connectivity index (χ4n) is 1.78. The number of rotatable bonds is 1. The monoisotopic (exact) mass is 272 g/mol. The lowest BCUT2D eigenvalue weighted by Crippen LogP contribution is -2.08. The van der Waals surface area contributed by atoms with Crippen LogP contribution in [-0.4, -0.2) is 15.4 Å². The molecule has 100 valence electrons. The van der Waals surface area contributed by atoms with Gasteiger partial charge in [-0.25, -0.2) is 4.40 Å². The highest BCUT2D eigenvalue weighted by Crippen LogP contribution is 2.30. The van der Waals surface area contributed by atoms with E-state index in [1.807, 2.05) is 37.4 Å². The van der Waals surface area contributed by atoms with Crippen molar-refractivity contribution in [1.29, 1.82) is 0 Å². The molecule has 1 unspecified atom stereocenters. The largest absolute Gasteiger partial charge is 0.256 e. The molecule has 19 heavy (non-hydrogen) atoms. The van der Waals surface area contributed by atoms with Gasteiger partial charge < -0.3 is 0 Å². The van der Waals surface area contributed by atoms with Crippen LogP contribution in [0.1, 0.15) is 33.3 Å². The number of pyridine rings is 1. The van der Waals surface area contributed by atoms with Crippen molar-refractivity contribution in [2.45, 2.75) is 32.4 Å². The van der Waals surface area contributed by atoms with E-state index in [1.54, 1.807) is 0 Å². The molecule has 2 rings (SSSR count). The van der Waals surface area contributed by atoms with Crippen LogP contribution >= 0.6 is 10.5 Å². The van der Waals surface area contributed by atoms with Gasteiger partial charge in [-0.15, -0.1) is 16.2 Å². The summed E-state index contributed by atoms with van der Waals surface area (Å²) >= 11 is 0. The summed E-state index contributed by atoms with van der Waals surface area (Å²) < 4.78 is 4.73. The molecular formula is C16H20N2S. The van der Waals surface area contributed by atoms with Gasteiger partial charge in [-0.05, 0) is 19.1 Å². The Bertz CT molecular complexity index is 694. The Kier molecular flexibility index (Phi) is 3.79. The average molecular weight is 272 g/mol. The van der Waals surface area contributed by atoms with E-state index >= 15 is 0 Å². The molecule has 1 aromatic carbocycles. The summed E-state index contributed by atoms with van der Waals surface area (Å²) in [5, 5.41) is 1.13. The summed E-state index contributed by atoms with van der Waals surface area (Å²) in [5.74, 6) is 0. The highest BCUT2D eigenvalue weighted by Gasteiger charge is 2.12. The van der Waals surface area contributed by atoms with E-state index in [4.69, 9.17) is 10.1 Å². The molecule has 0 saturated heterocycles. The maximum atomic E-state index is 6.19. The minimum Gasteiger partial charge on any atom is -0.256 e. The Labute approximate surface area is 117 Å². The smallest absolute Gasteiger partial charge is 0.0708 e. The number of aromatic nitrogens is 1. The third kappa shape index (κ3) is 3.06. The van der Waals surface area contributed by atoms with Gasteiger partial charge in [0.1, 0.15) is 0 Å². The van der Waals surface area contributed by atoms with Gasteiger partial charge in [0.2, 0.25) is 0 Å². The third-order valence-corrected chi connectivity index (χ3v) is 4.87. The molecule has 0 fully saturated rings. The van der Waals surface area contributed by atoms with Crippen molar-refractivity contribution >= 4 is 27.1 Å². The lowest BCUT2D eigenvalue weighted by molar-refractivity contribution is 0.803. The van der Waals surface area contributed by atoms with Crippen LogP contribution in [0.4, 0.5) is 0 Å². The highest BCUT2D eigenvalue weighted by molar-refractivity contribution is 8.06. The van der Waals surface area contributed by atoms with Gasteiger partial charge in [-0.3, -0.25) is 4.98 Å². The zero-order valence-electron chi connectivity index (χ0n) is 11.9. The Balaban J connectivity index is 2.52. The Morgan fingerprint density at radius 2 is 1.89 bits per heavy atom. The Hall–Kier alpha value is -1.57. The molecule has 1 aromatic heterocycles. The zero-order chi connectivity index (χ0) is 14.0. The summed E-state index contributed by atoms with van der Waals surface area (Å²) in [7, 11) is -0.872. The molecule has 0 bridgehead atoms. The maximum Gasteiger partial charge on any atom is 0.0708 e. The number of hydrogen-bond donors (Lipinski definition) is 1. The fourth-order valence-corrected chi connectivity index (χ4v) is 2.51. The zero-order valence-corrected chi connectivity index (χ0v) is 12.8. The molecule has 2 aromatic rings. The molecule has 0 aliphatic rings. The van der Waals surface area contributed by atoms with Crippen molar-refractivity contribution in [3.05, 3.63) is 42.1 Å². The van der Waals surface area contributed by atoms with Crippen LogP contribution in [0, 0.1) is 5.69 Å². The lowest BCUT2D eigenvalue weighted by atomic mass is 10.1. The van der Waals surface area contributed by atoms with Gasteiger partial charge in [0.05, 0.1) is 11.2 Å². The summed E-state index contributed by atoms with van der Waals surface area (Å²) in [6.45, 7) is 8.40. The molecule has 2 nitrogen and oxygen atoms in total. The molecular weight excluding hydrogens is 252 g/mol. The van der Waals surface area contributed by atoms with E-state index in [2.05, 4.69) is 31.8 Å². The summed E-state index contributed by atoms with van der Waals surface area (Å²) in [5.41, 5.74) is 9.29. The van der Waals surface area contributed by atoms with Crippen LogP contribution in [0.2, 0.25) is 0 Å². The molecule has 0 spiro atoms. The quantitative estimate of drug-likeness (QED) is 0.606. The van der Waals surface area contributed by atoms with Crippen molar-refractivity contribution in [2.75, 3.05) is 0 Å². The SMILES string of the molecule is C#[SH](/N=C(\C)c1ccnc2ccccc12)C(C)(C)C. The first-order valence-corrected chi connectivity index (χ1v) is 7.70. The second-order valence-electron chi connectivity index (χ2n) is 5.58. The predicted octanol–water partition coefficient (Wildman–Crippen LogP) is 4.35. The molecule has 0 saturated carbocycles. The second kappa shape index (κ2) is 5.20.